The molecule has 0 saturated heterocycles. The van der Waals surface area contributed by atoms with E-state index in [-0.39, 0.29) is 11.8 Å². The molecule has 0 unspecified atom stereocenters. The van der Waals surface area contributed by atoms with Gasteiger partial charge in [-0.15, -0.1) is 0 Å². The number of aryl methyl sites for hydroxylation is 1. The molecule has 1 fully saturated rings. The second-order valence-electron chi connectivity index (χ2n) is 8.08. The van der Waals surface area contributed by atoms with Gasteiger partial charge in [0.2, 0.25) is 5.91 Å². The van der Waals surface area contributed by atoms with Gasteiger partial charge in [-0.3, -0.25) is 4.79 Å². The molecule has 1 aromatic heterocycles. The lowest BCUT2D eigenvalue weighted by Gasteiger charge is -2.32. The molecule has 1 heterocycles. The summed E-state index contributed by atoms with van der Waals surface area (Å²) in [6.45, 7) is 3.28. The Balaban J connectivity index is 1.57. The van der Waals surface area contributed by atoms with Gasteiger partial charge in [0.05, 0.1) is 5.52 Å². The third-order valence-electron chi connectivity index (χ3n) is 6.02. The van der Waals surface area contributed by atoms with Crippen LogP contribution in [0.15, 0.2) is 48.5 Å². The van der Waals surface area contributed by atoms with Crippen LogP contribution in [0.3, 0.4) is 0 Å². The van der Waals surface area contributed by atoms with Crippen LogP contribution in [0, 0.1) is 5.92 Å². The number of carbonyl (C=O) groups excluding carboxylic acids is 1. The van der Waals surface area contributed by atoms with Crippen LogP contribution in [0.1, 0.15) is 42.9 Å². The highest BCUT2D eigenvalue weighted by atomic mass is 35.5. The van der Waals surface area contributed by atoms with Crippen molar-refractivity contribution in [2.75, 3.05) is 6.54 Å². The highest BCUT2D eigenvalue weighted by molar-refractivity contribution is 6.30. The van der Waals surface area contributed by atoms with Gasteiger partial charge in [0.25, 0.3) is 0 Å². The summed E-state index contributed by atoms with van der Waals surface area (Å²) >= 11 is 12.5. The number of rotatable bonds is 7. The van der Waals surface area contributed by atoms with Crippen molar-refractivity contribution in [3.8, 4) is 0 Å². The van der Waals surface area contributed by atoms with E-state index in [2.05, 4.69) is 30.1 Å². The van der Waals surface area contributed by atoms with E-state index in [1.807, 2.05) is 35.2 Å². The van der Waals surface area contributed by atoms with E-state index >= 15 is 0 Å². The third-order valence-corrected chi connectivity index (χ3v) is 6.60. The average Bonchev–Trinajstić information content (AvgIpc) is 2.70. The lowest BCUT2D eigenvalue weighted by molar-refractivity contribution is -0.138. The van der Waals surface area contributed by atoms with E-state index in [1.165, 1.54) is 11.1 Å². The molecule has 0 spiro atoms. The van der Waals surface area contributed by atoms with Crippen molar-refractivity contribution in [2.24, 2.45) is 5.92 Å². The van der Waals surface area contributed by atoms with Crippen LogP contribution in [0.2, 0.25) is 10.2 Å². The SMILES string of the molecule is CCc1ccc2nc(Cl)c(CN(CCc3ccc(Cl)cc3)C(=O)C3CCC3)cc2c1. The van der Waals surface area contributed by atoms with Gasteiger partial charge in [-0.1, -0.05) is 54.7 Å². The van der Waals surface area contributed by atoms with Gasteiger partial charge in [0.15, 0.2) is 0 Å². The topological polar surface area (TPSA) is 33.2 Å². The van der Waals surface area contributed by atoms with E-state index in [9.17, 15) is 4.79 Å². The summed E-state index contributed by atoms with van der Waals surface area (Å²) in [6.07, 6.45) is 4.87. The van der Waals surface area contributed by atoms with Gasteiger partial charge in [-0.25, -0.2) is 4.98 Å². The lowest BCUT2D eigenvalue weighted by Crippen LogP contribution is -2.39. The average molecular weight is 441 g/mol. The van der Waals surface area contributed by atoms with Crippen LogP contribution in [-0.4, -0.2) is 22.3 Å². The number of aromatic nitrogens is 1. The Morgan fingerprint density at radius 2 is 1.80 bits per heavy atom. The minimum atomic E-state index is 0.147. The van der Waals surface area contributed by atoms with Gasteiger partial charge in [0, 0.05) is 35.0 Å². The zero-order valence-corrected chi connectivity index (χ0v) is 18.7. The standard InChI is InChI=1S/C25H26Cl2N2O/c1-2-17-8-11-23-20(14-17)15-21(24(27)28-23)16-29(25(30)19-4-3-5-19)13-12-18-6-9-22(26)10-7-18/h6-11,14-15,19H,2-5,12-13,16H2,1H3. The number of amides is 1. The molecule has 3 aromatic rings. The molecule has 156 valence electrons. The Hall–Kier alpha value is -2.10. The predicted octanol–water partition coefficient (Wildman–Crippen LogP) is 6.48. The predicted molar refractivity (Wildman–Crippen MR) is 124 cm³/mol. The zero-order valence-electron chi connectivity index (χ0n) is 17.2. The van der Waals surface area contributed by atoms with Gasteiger partial charge in [-0.05, 0) is 67.1 Å². The second-order valence-corrected chi connectivity index (χ2v) is 8.88. The summed E-state index contributed by atoms with van der Waals surface area (Å²) in [5, 5.41) is 2.27. The molecule has 1 amide bonds. The molecule has 1 aliphatic rings. The molecule has 1 aliphatic carbocycles. The summed E-state index contributed by atoms with van der Waals surface area (Å²) in [6, 6.07) is 16.2. The third kappa shape index (κ3) is 4.79. The first kappa shape index (κ1) is 21.1. The summed E-state index contributed by atoms with van der Waals surface area (Å²) in [7, 11) is 0. The smallest absolute Gasteiger partial charge is 0.225 e. The van der Waals surface area contributed by atoms with E-state index in [4.69, 9.17) is 23.2 Å². The molecule has 5 heteroatoms. The Morgan fingerprint density at radius 1 is 1.07 bits per heavy atom. The maximum atomic E-state index is 13.1. The Kier molecular flexibility index (Phi) is 6.60. The normalized spacial score (nSPS) is 14.0. The van der Waals surface area contributed by atoms with Crippen molar-refractivity contribution in [3.05, 3.63) is 75.4 Å². The molecule has 30 heavy (non-hydrogen) atoms. The second kappa shape index (κ2) is 9.36. The van der Waals surface area contributed by atoms with Crippen LogP contribution in [0.25, 0.3) is 10.9 Å². The first-order chi connectivity index (χ1) is 14.5. The lowest BCUT2D eigenvalue weighted by atomic mass is 9.84. The fourth-order valence-electron chi connectivity index (χ4n) is 3.88. The zero-order chi connectivity index (χ0) is 21.1. The van der Waals surface area contributed by atoms with Crippen molar-refractivity contribution in [2.45, 2.75) is 45.6 Å². The molecule has 2 aromatic carbocycles. The van der Waals surface area contributed by atoms with Crippen molar-refractivity contribution in [1.82, 2.24) is 9.88 Å². The van der Waals surface area contributed by atoms with Crippen LogP contribution in [0.5, 0.6) is 0 Å². The molecular weight excluding hydrogens is 415 g/mol. The molecule has 4 rings (SSSR count). The van der Waals surface area contributed by atoms with E-state index in [0.29, 0.717) is 18.2 Å². The molecule has 0 N–H and O–H groups in total. The van der Waals surface area contributed by atoms with E-state index in [0.717, 1.165) is 53.6 Å². The number of carbonyl (C=O) groups is 1. The maximum Gasteiger partial charge on any atom is 0.225 e. The van der Waals surface area contributed by atoms with Gasteiger partial charge < -0.3 is 4.90 Å². The fourth-order valence-corrected chi connectivity index (χ4v) is 4.21. The Morgan fingerprint density at radius 3 is 2.47 bits per heavy atom. The van der Waals surface area contributed by atoms with Crippen molar-refractivity contribution >= 4 is 40.0 Å². The van der Waals surface area contributed by atoms with Crippen molar-refractivity contribution in [3.63, 3.8) is 0 Å². The van der Waals surface area contributed by atoms with Crippen molar-refractivity contribution < 1.29 is 4.79 Å². The first-order valence-electron chi connectivity index (χ1n) is 10.6. The van der Waals surface area contributed by atoms with Gasteiger partial charge >= 0.3 is 0 Å². The molecule has 1 saturated carbocycles. The van der Waals surface area contributed by atoms with Gasteiger partial charge in [0.1, 0.15) is 5.15 Å². The number of pyridine rings is 1. The minimum Gasteiger partial charge on any atom is -0.338 e. The number of halogens is 2. The van der Waals surface area contributed by atoms with Crippen LogP contribution < -0.4 is 0 Å². The Bertz CT molecular complexity index is 1040. The highest BCUT2D eigenvalue weighted by Gasteiger charge is 2.29. The largest absolute Gasteiger partial charge is 0.338 e. The minimum absolute atomic E-state index is 0.147. The maximum absolute atomic E-state index is 13.1. The van der Waals surface area contributed by atoms with Crippen LogP contribution in [0.4, 0.5) is 0 Å². The Labute approximate surface area is 188 Å². The summed E-state index contributed by atoms with van der Waals surface area (Å²) in [5.74, 6) is 0.378. The number of fused-ring (bicyclic) bond motifs is 1. The molecule has 0 aliphatic heterocycles. The monoisotopic (exact) mass is 440 g/mol. The van der Waals surface area contributed by atoms with Gasteiger partial charge in [-0.2, -0.15) is 0 Å². The summed E-state index contributed by atoms with van der Waals surface area (Å²) in [5.41, 5.74) is 4.23. The molecular formula is C25H26Cl2N2O. The van der Waals surface area contributed by atoms with E-state index in [1.54, 1.807) is 0 Å². The quantitative estimate of drug-likeness (QED) is 0.394. The van der Waals surface area contributed by atoms with E-state index < -0.39 is 0 Å². The summed E-state index contributed by atoms with van der Waals surface area (Å²) < 4.78 is 0. The first-order valence-corrected chi connectivity index (χ1v) is 11.4. The molecule has 3 nitrogen and oxygen atoms in total. The molecule has 0 atom stereocenters. The number of nitrogens with zero attached hydrogens (tertiary/aromatic N) is 2. The van der Waals surface area contributed by atoms with Crippen LogP contribution in [-0.2, 0) is 24.2 Å². The highest BCUT2D eigenvalue weighted by Crippen LogP contribution is 2.30. The molecule has 0 bridgehead atoms. The fraction of sp³-hybridized carbons (Fsp3) is 0.360. The number of hydrogen-bond donors (Lipinski definition) is 0. The van der Waals surface area contributed by atoms with Crippen LogP contribution >= 0.6 is 23.2 Å². The molecule has 0 radical (unpaired) electrons. The summed E-state index contributed by atoms with van der Waals surface area (Å²) in [4.78, 5) is 19.7. The number of hydrogen-bond acceptors (Lipinski definition) is 2. The van der Waals surface area contributed by atoms with Crippen molar-refractivity contribution in [1.29, 1.82) is 0 Å². The number of benzene rings is 2.